The first kappa shape index (κ1) is 12.9. The highest BCUT2D eigenvalue weighted by Gasteiger charge is 2.12. The monoisotopic (exact) mass is 286 g/mol. The summed E-state index contributed by atoms with van der Waals surface area (Å²) in [6, 6.07) is 12.4. The van der Waals surface area contributed by atoms with Gasteiger partial charge < -0.3 is 0 Å². The van der Waals surface area contributed by atoms with Crippen LogP contribution in [0.25, 0.3) is 21.7 Å². The zero-order valence-electron chi connectivity index (χ0n) is 12.0. The van der Waals surface area contributed by atoms with Crippen molar-refractivity contribution in [2.75, 3.05) is 0 Å². The second-order valence-corrected chi connectivity index (χ2v) is 5.40. The summed E-state index contributed by atoms with van der Waals surface area (Å²) in [5.41, 5.74) is 3.28. The van der Waals surface area contributed by atoms with Crippen LogP contribution in [0.1, 0.15) is 18.4 Å². The number of fused-ring (bicyclic) bond motifs is 2. The molecule has 0 bridgehead atoms. The Morgan fingerprint density at radius 2 is 1.95 bits per heavy atom. The molecule has 0 atom stereocenters. The quantitative estimate of drug-likeness (QED) is 0.451. The number of nitrogens with zero attached hydrogens (tertiary/aromatic N) is 2. The number of aromatic nitrogens is 1. The Bertz CT molecular complexity index is 954. The van der Waals surface area contributed by atoms with Gasteiger partial charge in [-0.25, -0.2) is 0 Å². The van der Waals surface area contributed by atoms with E-state index in [9.17, 15) is 4.79 Å². The molecule has 0 saturated heterocycles. The van der Waals surface area contributed by atoms with E-state index in [1.54, 1.807) is 6.08 Å². The molecule has 0 spiro atoms. The zero-order chi connectivity index (χ0) is 14.9. The van der Waals surface area contributed by atoms with Crippen molar-refractivity contribution >= 4 is 39.4 Å². The van der Waals surface area contributed by atoms with Crippen LogP contribution >= 0.6 is 0 Å². The van der Waals surface area contributed by atoms with Crippen molar-refractivity contribution in [3.8, 4) is 0 Å². The highest BCUT2D eigenvalue weighted by molar-refractivity contribution is 6.19. The summed E-state index contributed by atoms with van der Waals surface area (Å²) in [5, 5.41) is 3.70. The van der Waals surface area contributed by atoms with Gasteiger partial charge in [-0.2, -0.15) is 0 Å². The van der Waals surface area contributed by atoms with Crippen LogP contribution in [-0.4, -0.2) is 17.0 Å². The predicted molar refractivity (Wildman–Crippen MR) is 89.9 cm³/mol. The molecule has 3 nitrogen and oxygen atoms in total. The Morgan fingerprint density at radius 1 is 1.05 bits per heavy atom. The summed E-state index contributed by atoms with van der Waals surface area (Å²) in [5.74, 6) is 0.273. The van der Waals surface area contributed by atoms with E-state index >= 15 is 0 Å². The molecule has 2 aromatic carbocycles. The number of aliphatic imine (C=N–C) groups is 1. The largest absolute Gasteiger partial charge is 0.295 e. The lowest BCUT2D eigenvalue weighted by molar-refractivity contribution is -0.114. The minimum absolute atomic E-state index is 0.273. The first-order valence-electron chi connectivity index (χ1n) is 7.37. The van der Waals surface area contributed by atoms with Crippen molar-refractivity contribution in [3.05, 3.63) is 60.3 Å². The molecule has 22 heavy (non-hydrogen) atoms. The number of hydrogen-bond acceptors (Lipinski definition) is 3. The van der Waals surface area contributed by atoms with Crippen molar-refractivity contribution in [1.82, 2.24) is 4.98 Å². The van der Waals surface area contributed by atoms with E-state index in [-0.39, 0.29) is 5.78 Å². The number of rotatable bonds is 0. The van der Waals surface area contributed by atoms with Crippen LogP contribution in [0.4, 0.5) is 5.69 Å². The van der Waals surface area contributed by atoms with E-state index in [0.29, 0.717) is 0 Å². The lowest BCUT2D eigenvalue weighted by Gasteiger charge is -2.04. The second-order valence-electron chi connectivity index (χ2n) is 5.40. The molecule has 5 rings (SSSR count). The maximum atomic E-state index is 10.2. The van der Waals surface area contributed by atoms with Crippen LogP contribution in [0.2, 0.25) is 0 Å². The molecule has 2 aliphatic rings. The van der Waals surface area contributed by atoms with Gasteiger partial charge in [0, 0.05) is 35.2 Å². The zero-order valence-corrected chi connectivity index (χ0v) is 12.0. The molecule has 1 aliphatic carbocycles. The van der Waals surface area contributed by atoms with Crippen LogP contribution in [0.15, 0.2) is 59.7 Å². The van der Waals surface area contributed by atoms with E-state index in [4.69, 9.17) is 0 Å². The lowest BCUT2D eigenvalue weighted by Crippen LogP contribution is -1.84. The fourth-order valence-electron chi connectivity index (χ4n) is 2.92. The normalized spacial score (nSPS) is 14.6. The minimum Gasteiger partial charge on any atom is -0.295 e. The van der Waals surface area contributed by atoms with Gasteiger partial charge >= 0.3 is 0 Å². The van der Waals surface area contributed by atoms with Crippen LogP contribution in [0, 0.1) is 0 Å². The third-order valence-corrected chi connectivity index (χ3v) is 3.96. The fourth-order valence-corrected chi connectivity index (χ4v) is 2.92. The summed E-state index contributed by atoms with van der Waals surface area (Å²) in [6.45, 7) is 0. The summed E-state index contributed by atoms with van der Waals surface area (Å²) < 4.78 is 0. The van der Waals surface area contributed by atoms with Gasteiger partial charge in [0.2, 0.25) is 0 Å². The maximum absolute atomic E-state index is 10.2. The minimum atomic E-state index is 0.273. The van der Waals surface area contributed by atoms with Crippen molar-refractivity contribution in [2.45, 2.75) is 12.8 Å². The van der Waals surface area contributed by atoms with E-state index in [0.717, 1.165) is 24.0 Å². The molecule has 3 heteroatoms. The molecule has 0 N–H and O–H groups in total. The average molecular weight is 286 g/mol. The van der Waals surface area contributed by atoms with Gasteiger partial charge in [-0.3, -0.25) is 14.8 Å². The van der Waals surface area contributed by atoms with Crippen molar-refractivity contribution in [1.29, 1.82) is 0 Å². The number of carbonyl (C=O) groups is 1. The summed E-state index contributed by atoms with van der Waals surface area (Å²) in [4.78, 5) is 19.0. The van der Waals surface area contributed by atoms with Crippen LogP contribution in [-0.2, 0) is 4.79 Å². The number of carbonyl (C=O) groups excluding carboxylic acids is 1. The summed E-state index contributed by atoms with van der Waals surface area (Å²) in [6.07, 6.45) is 8.99. The second kappa shape index (κ2) is 5.19. The van der Waals surface area contributed by atoms with Crippen molar-refractivity contribution in [3.63, 3.8) is 0 Å². The van der Waals surface area contributed by atoms with Crippen LogP contribution in [0.5, 0.6) is 0 Å². The topological polar surface area (TPSA) is 42.3 Å². The predicted octanol–water partition coefficient (Wildman–Crippen LogP) is 4.36. The number of benzene rings is 2. The molecule has 106 valence electrons. The Morgan fingerprint density at radius 3 is 2.73 bits per heavy atom. The number of pyridine rings is 1. The third kappa shape index (κ3) is 2.11. The molecule has 3 aromatic rings. The van der Waals surface area contributed by atoms with Gasteiger partial charge in [-0.05, 0) is 36.1 Å². The summed E-state index contributed by atoms with van der Waals surface area (Å²) in [7, 11) is 0. The van der Waals surface area contributed by atoms with E-state index < -0.39 is 0 Å². The van der Waals surface area contributed by atoms with Gasteiger partial charge in [0.1, 0.15) is 0 Å². The molecular weight excluding hydrogens is 272 g/mol. The standard InChI is InChI=1S/C14H8N2.C5H6O/c1-3-11-10-4-2-6-15-13(10)7-9-8-16-12(5-1)14(9)11;6-5-3-1-2-4-5/h1-8H;1,3H,2,4H2. The van der Waals surface area contributed by atoms with Gasteiger partial charge in [-0.1, -0.05) is 24.3 Å². The summed E-state index contributed by atoms with van der Waals surface area (Å²) >= 11 is 0. The molecular formula is C19H14N2O. The maximum Gasteiger partial charge on any atom is 0.155 e. The fraction of sp³-hybridized carbons (Fsp3) is 0.105. The van der Waals surface area contributed by atoms with Crippen LogP contribution in [0.3, 0.4) is 0 Å². The Hall–Kier alpha value is -2.81. The molecule has 2 heterocycles. The van der Waals surface area contributed by atoms with E-state index in [1.165, 1.54) is 21.7 Å². The number of ketones is 1. The van der Waals surface area contributed by atoms with Gasteiger partial charge in [0.15, 0.2) is 5.78 Å². The highest BCUT2D eigenvalue weighted by atomic mass is 16.1. The Labute approximate surface area is 128 Å². The SMILES string of the molecule is C1=Nc2cccc3c2c1cc1ncccc13.O=C1C=CCC1. The van der Waals surface area contributed by atoms with E-state index in [2.05, 4.69) is 40.3 Å². The molecule has 0 unspecified atom stereocenters. The molecule has 1 aliphatic heterocycles. The average Bonchev–Trinajstić information content (AvgIpc) is 3.19. The van der Waals surface area contributed by atoms with Gasteiger partial charge in [0.25, 0.3) is 0 Å². The number of hydrogen-bond donors (Lipinski definition) is 0. The van der Waals surface area contributed by atoms with Crippen molar-refractivity contribution in [2.24, 2.45) is 4.99 Å². The lowest BCUT2D eigenvalue weighted by atomic mass is 10.0. The van der Waals surface area contributed by atoms with Crippen LogP contribution < -0.4 is 0 Å². The molecule has 0 fully saturated rings. The van der Waals surface area contributed by atoms with Crippen molar-refractivity contribution < 1.29 is 4.79 Å². The molecule has 1 aromatic heterocycles. The first-order chi connectivity index (χ1) is 10.8. The third-order valence-electron chi connectivity index (χ3n) is 3.96. The molecule has 0 saturated carbocycles. The van der Waals surface area contributed by atoms with Gasteiger partial charge in [-0.15, -0.1) is 0 Å². The Kier molecular flexibility index (Phi) is 3.04. The highest BCUT2D eigenvalue weighted by Crippen LogP contribution is 2.36. The van der Waals surface area contributed by atoms with Gasteiger partial charge in [0.05, 0.1) is 11.2 Å². The first-order valence-corrected chi connectivity index (χ1v) is 7.37. The Balaban J connectivity index is 0.000000177. The van der Waals surface area contributed by atoms with E-state index in [1.807, 2.05) is 24.6 Å². The molecule has 0 amide bonds. The molecule has 0 radical (unpaired) electrons. The number of allylic oxidation sites excluding steroid dienone is 2. The smallest absolute Gasteiger partial charge is 0.155 e.